The van der Waals surface area contributed by atoms with E-state index in [4.69, 9.17) is 9.47 Å². The summed E-state index contributed by atoms with van der Waals surface area (Å²) >= 11 is 0. The fourth-order valence-electron chi connectivity index (χ4n) is 2.53. The lowest BCUT2D eigenvalue weighted by Crippen LogP contribution is -2.35. The van der Waals surface area contributed by atoms with Crippen molar-refractivity contribution in [2.75, 3.05) is 20.7 Å². The smallest absolute Gasteiger partial charge is 0.262 e. The summed E-state index contributed by atoms with van der Waals surface area (Å²) in [7, 11) is 3.34. The zero-order valence-electron chi connectivity index (χ0n) is 16.5. The first-order valence-electron chi connectivity index (χ1n) is 8.98. The number of aromatic hydroxyl groups is 1. The third-order valence-corrected chi connectivity index (χ3v) is 3.92. The van der Waals surface area contributed by atoms with E-state index in [9.17, 15) is 14.7 Å². The third-order valence-electron chi connectivity index (χ3n) is 3.92. The zero-order valence-corrected chi connectivity index (χ0v) is 16.5. The van der Waals surface area contributed by atoms with E-state index in [0.717, 1.165) is 5.56 Å². The number of nitrogens with zero attached hydrogens (tertiary/aromatic N) is 1. The first-order valence-corrected chi connectivity index (χ1v) is 8.98. The molecule has 6 nitrogen and oxygen atoms in total. The molecule has 0 aromatic heterocycles. The van der Waals surface area contributed by atoms with Gasteiger partial charge in [0.05, 0.1) is 6.61 Å². The quantitative estimate of drug-likeness (QED) is 0.557. The molecule has 1 N–H and O–H groups in total. The lowest BCUT2D eigenvalue weighted by Gasteiger charge is -2.20. The summed E-state index contributed by atoms with van der Waals surface area (Å²) in [4.78, 5) is 25.7. The van der Waals surface area contributed by atoms with Gasteiger partial charge in [-0.2, -0.15) is 0 Å². The van der Waals surface area contributed by atoms with Crippen LogP contribution in [-0.4, -0.2) is 48.5 Å². The Labute approximate surface area is 165 Å². The van der Waals surface area contributed by atoms with Gasteiger partial charge < -0.3 is 19.5 Å². The minimum atomic E-state index is -0.650. The van der Waals surface area contributed by atoms with Gasteiger partial charge in [-0.3, -0.25) is 9.59 Å². The number of carbonyl (C=O) groups is 2. The van der Waals surface area contributed by atoms with Gasteiger partial charge in [-0.15, -0.1) is 0 Å². The molecule has 0 aliphatic rings. The number of rotatable bonds is 8. The van der Waals surface area contributed by atoms with Crippen molar-refractivity contribution in [3.63, 3.8) is 0 Å². The molecule has 0 saturated heterocycles. The minimum absolute atomic E-state index is 0.0424. The molecule has 0 unspecified atom stereocenters. The summed E-state index contributed by atoms with van der Waals surface area (Å²) in [6.45, 7) is 3.97. The Bertz CT molecular complexity index is 873. The molecule has 148 valence electrons. The predicted octanol–water partition coefficient (Wildman–Crippen LogP) is 3.54. The number of likely N-dealkylation sites (N-methyl/N-ethyl adjacent to an activating group) is 1. The lowest BCUT2D eigenvalue weighted by molar-refractivity contribution is -0.135. The monoisotopic (exact) mass is 383 g/mol. The van der Waals surface area contributed by atoms with Crippen molar-refractivity contribution in [3.05, 3.63) is 59.7 Å². The number of ether oxygens (including phenoxy) is 2. The van der Waals surface area contributed by atoms with E-state index in [2.05, 4.69) is 0 Å². The number of hydrogen-bond acceptors (Lipinski definition) is 5. The van der Waals surface area contributed by atoms with Crippen LogP contribution in [0.25, 0.3) is 6.08 Å². The maximum Gasteiger partial charge on any atom is 0.262 e. The van der Waals surface area contributed by atoms with E-state index < -0.39 is 6.10 Å². The Morgan fingerprint density at radius 3 is 2.54 bits per heavy atom. The van der Waals surface area contributed by atoms with Crippen molar-refractivity contribution in [2.24, 2.45) is 0 Å². The molecule has 0 bridgehead atoms. The number of amides is 1. The summed E-state index contributed by atoms with van der Waals surface area (Å²) in [5.41, 5.74) is 1.15. The van der Waals surface area contributed by atoms with Crippen LogP contribution in [0.4, 0.5) is 0 Å². The molecule has 0 saturated carbocycles. The topological polar surface area (TPSA) is 76.1 Å². The van der Waals surface area contributed by atoms with Crippen molar-refractivity contribution < 1.29 is 24.2 Å². The van der Waals surface area contributed by atoms with Crippen LogP contribution < -0.4 is 9.47 Å². The molecular formula is C22H25NO5. The van der Waals surface area contributed by atoms with Gasteiger partial charge in [0.15, 0.2) is 23.4 Å². The van der Waals surface area contributed by atoms with Gasteiger partial charge in [0.25, 0.3) is 5.91 Å². The van der Waals surface area contributed by atoms with Gasteiger partial charge >= 0.3 is 0 Å². The Morgan fingerprint density at radius 1 is 1.14 bits per heavy atom. The number of carbonyl (C=O) groups excluding carboxylic acids is 2. The SMILES string of the molecule is CCOc1cc(/C=C/C(=O)c2cccc(O)c2)ccc1O[C@H](C)C(=O)N(C)C. The summed E-state index contributed by atoms with van der Waals surface area (Å²) in [5.74, 6) is 0.622. The number of allylic oxidation sites excluding steroid dienone is 1. The van der Waals surface area contributed by atoms with E-state index >= 15 is 0 Å². The number of hydrogen-bond donors (Lipinski definition) is 1. The minimum Gasteiger partial charge on any atom is -0.508 e. The zero-order chi connectivity index (χ0) is 20.7. The Kier molecular flexibility index (Phi) is 7.21. The highest BCUT2D eigenvalue weighted by molar-refractivity contribution is 6.07. The molecule has 0 spiro atoms. The highest BCUT2D eigenvalue weighted by Gasteiger charge is 2.18. The maximum atomic E-state index is 12.2. The van der Waals surface area contributed by atoms with Gasteiger partial charge in [-0.25, -0.2) is 0 Å². The summed E-state index contributed by atoms with van der Waals surface area (Å²) in [6.07, 6.45) is 2.44. The largest absolute Gasteiger partial charge is 0.508 e. The first-order chi connectivity index (χ1) is 13.3. The van der Waals surface area contributed by atoms with Crippen LogP contribution in [0.2, 0.25) is 0 Å². The summed E-state index contributed by atoms with van der Waals surface area (Å²) in [6, 6.07) is 11.4. The van der Waals surface area contributed by atoms with Crippen molar-refractivity contribution in [1.82, 2.24) is 4.90 Å². The van der Waals surface area contributed by atoms with Gasteiger partial charge in [-0.05, 0) is 49.8 Å². The van der Waals surface area contributed by atoms with Crippen LogP contribution in [0.5, 0.6) is 17.2 Å². The Hall–Kier alpha value is -3.28. The normalized spacial score (nSPS) is 11.9. The molecule has 1 amide bonds. The fourth-order valence-corrected chi connectivity index (χ4v) is 2.53. The molecule has 2 aromatic rings. The third kappa shape index (κ3) is 5.61. The van der Waals surface area contributed by atoms with E-state index in [1.807, 2.05) is 6.92 Å². The van der Waals surface area contributed by atoms with Crippen LogP contribution in [0.1, 0.15) is 29.8 Å². The van der Waals surface area contributed by atoms with E-state index in [1.165, 1.54) is 23.1 Å². The standard InChI is InChI=1S/C22H25NO5/c1-5-27-21-13-16(9-11-19(25)17-7-6-8-18(24)14-17)10-12-20(21)28-15(2)22(26)23(3)4/h6-15,24H,5H2,1-4H3/b11-9+/t15-/m1/s1. The molecular weight excluding hydrogens is 358 g/mol. The first kappa shape index (κ1) is 21.0. The summed E-state index contributed by atoms with van der Waals surface area (Å²) in [5, 5.41) is 9.48. The van der Waals surface area contributed by atoms with Gasteiger partial charge in [0, 0.05) is 19.7 Å². The fraction of sp³-hybridized carbons (Fsp3) is 0.273. The molecule has 0 aliphatic heterocycles. The maximum absolute atomic E-state index is 12.2. The summed E-state index contributed by atoms with van der Waals surface area (Å²) < 4.78 is 11.4. The van der Waals surface area contributed by atoms with Crippen LogP contribution in [0, 0.1) is 0 Å². The Morgan fingerprint density at radius 2 is 1.89 bits per heavy atom. The van der Waals surface area contributed by atoms with Gasteiger partial charge in [0.2, 0.25) is 0 Å². The Balaban J connectivity index is 2.19. The molecule has 1 atom stereocenters. The molecule has 0 aliphatic carbocycles. The number of phenolic OH excluding ortho intramolecular Hbond substituents is 1. The van der Waals surface area contributed by atoms with Gasteiger partial charge in [-0.1, -0.05) is 24.3 Å². The van der Waals surface area contributed by atoms with Crippen LogP contribution >= 0.6 is 0 Å². The van der Waals surface area contributed by atoms with Gasteiger partial charge in [0.1, 0.15) is 5.75 Å². The molecule has 6 heteroatoms. The average Bonchev–Trinajstić information content (AvgIpc) is 2.67. The average molecular weight is 383 g/mol. The molecule has 28 heavy (non-hydrogen) atoms. The van der Waals surface area contributed by atoms with E-state index in [-0.39, 0.29) is 17.4 Å². The van der Waals surface area contributed by atoms with E-state index in [1.54, 1.807) is 57.4 Å². The molecule has 0 fully saturated rings. The van der Waals surface area contributed by atoms with Crippen molar-refractivity contribution in [3.8, 4) is 17.2 Å². The number of ketones is 1. The highest BCUT2D eigenvalue weighted by Crippen LogP contribution is 2.30. The highest BCUT2D eigenvalue weighted by atomic mass is 16.5. The molecule has 2 rings (SSSR count). The lowest BCUT2D eigenvalue weighted by atomic mass is 10.1. The van der Waals surface area contributed by atoms with Crippen molar-refractivity contribution >= 4 is 17.8 Å². The number of phenols is 1. The van der Waals surface area contributed by atoms with Crippen molar-refractivity contribution in [1.29, 1.82) is 0 Å². The van der Waals surface area contributed by atoms with Crippen LogP contribution in [0.15, 0.2) is 48.5 Å². The molecule has 0 radical (unpaired) electrons. The van der Waals surface area contributed by atoms with Crippen LogP contribution in [-0.2, 0) is 4.79 Å². The second-order valence-electron chi connectivity index (χ2n) is 6.38. The van der Waals surface area contributed by atoms with Crippen LogP contribution in [0.3, 0.4) is 0 Å². The second kappa shape index (κ2) is 9.60. The van der Waals surface area contributed by atoms with E-state index in [0.29, 0.717) is 23.7 Å². The number of benzene rings is 2. The second-order valence-corrected chi connectivity index (χ2v) is 6.38. The molecule has 0 heterocycles. The predicted molar refractivity (Wildman–Crippen MR) is 108 cm³/mol. The van der Waals surface area contributed by atoms with Crippen molar-refractivity contribution in [2.45, 2.75) is 20.0 Å². The molecule has 2 aromatic carbocycles.